The van der Waals surface area contributed by atoms with Gasteiger partial charge in [0.25, 0.3) is 0 Å². The molecule has 4 nitrogen and oxygen atoms in total. The Bertz CT molecular complexity index is 399. The number of likely N-dealkylation sites (N-methyl/N-ethyl adjacent to an activating group) is 1. The van der Waals surface area contributed by atoms with Gasteiger partial charge in [0.1, 0.15) is 18.9 Å². The van der Waals surface area contributed by atoms with Gasteiger partial charge in [0.2, 0.25) is 0 Å². The fraction of sp³-hybridized carbons (Fsp3) is 0.308. The van der Waals surface area contributed by atoms with Crippen LogP contribution in [0.5, 0.6) is 5.75 Å². The van der Waals surface area contributed by atoms with Crippen LogP contribution in [0.3, 0.4) is 0 Å². The molecule has 0 aromatic heterocycles. The molecule has 0 fully saturated rings. The van der Waals surface area contributed by atoms with Gasteiger partial charge < -0.3 is 19.5 Å². The molecule has 0 amide bonds. The largest absolute Gasteiger partial charge is 0.545 e. The summed E-state index contributed by atoms with van der Waals surface area (Å²) < 4.78 is 5.59. The number of carboxylic acid groups (broad SMARTS) is 1. The molecule has 4 heteroatoms. The molecule has 92 valence electrons. The van der Waals surface area contributed by atoms with Crippen LogP contribution in [0.15, 0.2) is 30.3 Å². The molecule has 0 heterocycles. The molecule has 0 spiro atoms. The predicted molar refractivity (Wildman–Crippen MR) is 63.7 cm³/mol. The fourth-order valence-electron chi connectivity index (χ4n) is 1.27. The third-order valence-corrected chi connectivity index (χ3v) is 2.18. The Morgan fingerprint density at radius 2 is 2.12 bits per heavy atom. The van der Waals surface area contributed by atoms with Crippen molar-refractivity contribution < 1.29 is 19.5 Å². The number of hydrogen-bond donors (Lipinski definition) is 1. The first kappa shape index (κ1) is 13.3. The highest BCUT2D eigenvalue weighted by Gasteiger charge is 2.00. The maximum absolute atomic E-state index is 10.3. The minimum atomic E-state index is -1.21. The fourth-order valence-corrected chi connectivity index (χ4v) is 1.27. The first-order valence-electron chi connectivity index (χ1n) is 5.49. The summed E-state index contributed by atoms with van der Waals surface area (Å²) in [5, 5.41) is 10.3. The Labute approximate surface area is 101 Å². The van der Waals surface area contributed by atoms with Crippen molar-refractivity contribution in [1.82, 2.24) is 0 Å². The molecule has 1 rings (SSSR count). The van der Waals surface area contributed by atoms with Gasteiger partial charge in [0.15, 0.2) is 0 Å². The highest BCUT2D eigenvalue weighted by Crippen LogP contribution is 2.18. The number of quaternary nitrogens is 1. The van der Waals surface area contributed by atoms with Crippen molar-refractivity contribution in [1.29, 1.82) is 0 Å². The van der Waals surface area contributed by atoms with E-state index in [2.05, 4.69) is 0 Å². The molecule has 0 saturated heterocycles. The molecule has 0 saturated carbocycles. The van der Waals surface area contributed by atoms with Crippen LogP contribution in [0.1, 0.15) is 5.56 Å². The van der Waals surface area contributed by atoms with Crippen LogP contribution in [0.2, 0.25) is 0 Å². The number of rotatable bonds is 6. The van der Waals surface area contributed by atoms with Crippen molar-refractivity contribution in [2.75, 3.05) is 27.2 Å². The molecule has 0 atom stereocenters. The Hall–Kier alpha value is -1.81. The average Bonchev–Trinajstić information content (AvgIpc) is 2.27. The zero-order valence-electron chi connectivity index (χ0n) is 10.1. The molecule has 1 aromatic carbocycles. The normalized spacial score (nSPS) is 11.0. The van der Waals surface area contributed by atoms with Crippen LogP contribution in [0.25, 0.3) is 6.08 Å². The molecule has 0 radical (unpaired) electrons. The number of para-hydroxylation sites is 1. The smallest absolute Gasteiger partial charge is 0.137 e. The van der Waals surface area contributed by atoms with Crippen molar-refractivity contribution in [2.24, 2.45) is 0 Å². The number of carboxylic acids is 1. The number of benzene rings is 1. The van der Waals surface area contributed by atoms with Gasteiger partial charge in [-0.1, -0.05) is 18.2 Å². The third-order valence-electron chi connectivity index (χ3n) is 2.18. The van der Waals surface area contributed by atoms with E-state index < -0.39 is 5.97 Å². The van der Waals surface area contributed by atoms with E-state index in [9.17, 15) is 9.90 Å². The maximum atomic E-state index is 10.3. The number of hydrogen-bond acceptors (Lipinski definition) is 3. The monoisotopic (exact) mass is 235 g/mol. The Morgan fingerprint density at radius 1 is 1.41 bits per heavy atom. The first-order valence-corrected chi connectivity index (χ1v) is 5.49. The van der Waals surface area contributed by atoms with E-state index in [4.69, 9.17) is 4.74 Å². The van der Waals surface area contributed by atoms with Gasteiger partial charge in [-0.25, -0.2) is 0 Å². The van der Waals surface area contributed by atoms with Gasteiger partial charge >= 0.3 is 0 Å². The Morgan fingerprint density at radius 3 is 2.76 bits per heavy atom. The SMILES string of the molecule is C[NH+](C)CCOc1ccccc1/C=C/C(=O)[O-]. The highest BCUT2D eigenvalue weighted by atomic mass is 16.5. The van der Waals surface area contributed by atoms with Crippen molar-refractivity contribution in [3.05, 3.63) is 35.9 Å². The molecule has 0 aliphatic rings. The van der Waals surface area contributed by atoms with Crippen molar-refractivity contribution in [2.45, 2.75) is 0 Å². The van der Waals surface area contributed by atoms with Crippen LogP contribution in [0, 0.1) is 0 Å². The Balaban J connectivity index is 2.67. The summed E-state index contributed by atoms with van der Waals surface area (Å²) in [6.07, 6.45) is 2.48. The standard InChI is InChI=1S/C13H17NO3/c1-14(2)9-10-17-12-6-4-3-5-11(12)7-8-13(15)16/h3-8H,9-10H2,1-2H3,(H,15,16)/b8-7+. The number of carbonyl (C=O) groups is 1. The topological polar surface area (TPSA) is 53.8 Å². The summed E-state index contributed by atoms with van der Waals surface area (Å²) in [4.78, 5) is 11.6. The molecule has 0 unspecified atom stereocenters. The summed E-state index contributed by atoms with van der Waals surface area (Å²) in [7, 11) is 4.09. The summed E-state index contributed by atoms with van der Waals surface area (Å²) in [5.41, 5.74) is 0.741. The molecule has 0 bridgehead atoms. The van der Waals surface area contributed by atoms with Crippen LogP contribution in [-0.2, 0) is 4.79 Å². The summed E-state index contributed by atoms with van der Waals surface area (Å²) in [5.74, 6) is -0.524. The quantitative estimate of drug-likeness (QED) is 0.642. The zero-order valence-corrected chi connectivity index (χ0v) is 10.1. The van der Waals surface area contributed by atoms with E-state index in [1.165, 1.54) is 11.0 Å². The van der Waals surface area contributed by atoms with Crippen molar-refractivity contribution in [3.63, 3.8) is 0 Å². The van der Waals surface area contributed by atoms with Crippen LogP contribution < -0.4 is 14.7 Å². The maximum Gasteiger partial charge on any atom is 0.137 e. The van der Waals surface area contributed by atoms with Gasteiger partial charge in [0, 0.05) is 5.56 Å². The van der Waals surface area contributed by atoms with Gasteiger partial charge in [-0.15, -0.1) is 0 Å². The van der Waals surface area contributed by atoms with E-state index in [-0.39, 0.29) is 0 Å². The minimum Gasteiger partial charge on any atom is -0.545 e. The number of aliphatic carboxylic acids is 1. The molecular formula is C13H17NO3. The zero-order chi connectivity index (χ0) is 12.7. The lowest BCUT2D eigenvalue weighted by atomic mass is 10.2. The Kier molecular flexibility index (Phi) is 5.23. The van der Waals surface area contributed by atoms with Crippen molar-refractivity contribution >= 4 is 12.0 Å². The molecular weight excluding hydrogens is 218 g/mol. The van der Waals surface area contributed by atoms with E-state index in [0.717, 1.165) is 18.2 Å². The molecule has 0 aliphatic heterocycles. The second-order valence-corrected chi connectivity index (χ2v) is 4.00. The first-order chi connectivity index (χ1) is 8.09. The second kappa shape index (κ2) is 6.70. The van der Waals surface area contributed by atoms with Gasteiger partial charge in [-0.2, -0.15) is 0 Å². The third kappa shape index (κ3) is 5.17. The summed E-state index contributed by atoms with van der Waals surface area (Å²) in [6.45, 7) is 1.48. The number of ether oxygens (including phenoxy) is 1. The van der Waals surface area contributed by atoms with E-state index in [0.29, 0.717) is 12.4 Å². The molecule has 17 heavy (non-hydrogen) atoms. The lowest BCUT2D eigenvalue weighted by molar-refractivity contribution is -0.858. The predicted octanol–water partition coefficient (Wildman–Crippen LogP) is -1.03. The van der Waals surface area contributed by atoms with Crippen LogP contribution in [0.4, 0.5) is 0 Å². The lowest BCUT2D eigenvalue weighted by Gasteiger charge is -2.11. The second-order valence-electron chi connectivity index (χ2n) is 4.00. The minimum absolute atomic E-state index is 0.596. The lowest BCUT2D eigenvalue weighted by Crippen LogP contribution is -3.06. The highest BCUT2D eigenvalue weighted by molar-refractivity contribution is 5.84. The summed E-state index contributed by atoms with van der Waals surface area (Å²) in [6, 6.07) is 7.31. The molecule has 0 aliphatic carbocycles. The van der Waals surface area contributed by atoms with Gasteiger partial charge in [-0.05, 0) is 18.2 Å². The van der Waals surface area contributed by atoms with Gasteiger partial charge in [-0.3, -0.25) is 0 Å². The van der Waals surface area contributed by atoms with Crippen molar-refractivity contribution in [3.8, 4) is 5.75 Å². The average molecular weight is 235 g/mol. The number of carbonyl (C=O) groups excluding carboxylic acids is 1. The van der Waals surface area contributed by atoms with E-state index in [1.54, 1.807) is 6.07 Å². The number of nitrogens with one attached hydrogen (secondary N) is 1. The van der Waals surface area contributed by atoms with Crippen LogP contribution >= 0.6 is 0 Å². The summed E-state index contributed by atoms with van der Waals surface area (Å²) >= 11 is 0. The van der Waals surface area contributed by atoms with Gasteiger partial charge in [0.05, 0.1) is 20.1 Å². The van der Waals surface area contributed by atoms with E-state index in [1.807, 2.05) is 32.3 Å². The molecule has 1 N–H and O–H groups in total. The van der Waals surface area contributed by atoms with E-state index >= 15 is 0 Å². The van der Waals surface area contributed by atoms with Crippen LogP contribution in [-0.4, -0.2) is 33.2 Å². The molecule has 1 aromatic rings.